The van der Waals surface area contributed by atoms with Crippen molar-refractivity contribution in [2.24, 2.45) is 0 Å². The Morgan fingerprint density at radius 3 is 2.56 bits per heavy atom. The van der Waals surface area contributed by atoms with Crippen LogP contribution in [-0.4, -0.2) is 32.4 Å². The van der Waals surface area contributed by atoms with Crippen LogP contribution in [0, 0.1) is 0 Å². The molecule has 1 heterocycles. The Labute approximate surface area is 106 Å². The zero-order chi connectivity index (χ0) is 13.9. The van der Waals surface area contributed by atoms with Gasteiger partial charge < -0.3 is 9.84 Å². The number of carbonyl (C=O) groups excluding carboxylic acids is 1. The summed E-state index contributed by atoms with van der Waals surface area (Å²) in [6.07, 6.45) is 2.81. The van der Waals surface area contributed by atoms with Crippen molar-refractivity contribution in [2.75, 3.05) is 0 Å². The molecule has 0 spiro atoms. The third-order valence-electron chi connectivity index (χ3n) is 2.18. The summed E-state index contributed by atoms with van der Waals surface area (Å²) in [4.78, 5) is 22.3. The largest absolute Gasteiger partial charge is 0.478 e. The van der Waals surface area contributed by atoms with Gasteiger partial charge in [-0.15, -0.1) is 0 Å². The van der Waals surface area contributed by atoms with Crippen LogP contribution >= 0.6 is 0 Å². The predicted molar refractivity (Wildman–Crippen MR) is 64.4 cm³/mol. The zero-order valence-corrected chi connectivity index (χ0v) is 11.0. The summed E-state index contributed by atoms with van der Waals surface area (Å²) in [5, 5.41) is 12.7. The van der Waals surface area contributed by atoms with E-state index >= 15 is 0 Å². The van der Waals surface area contributed by atoms with Crippen molar-refractivity contribution in [1.29, 1.82) is 0 Å². The molecule has 0 aliphatic heterocycles. The van der Waals surface area contributed by atoms with E-state index in [4.69, 9.17) is 9.84 Å². The van der Waals surface area contributed by atoms with Gasteiger partial charge in [0, 0.05) is 6.20 Å². The van der Waals surface area contributed by atoms with E-state index in [0.717, 1.165) is 0 Å². The molecule has 100 valence electrons. The lowest BCUT2D eigenvalue weighted by Gasteiger charge is -2.21. The van der Waals surface area contributed by atoms with Crippen LogP contribution in [0.3, 0.4) is 0 Å². The van der Waals surface area contributed by atoms with Gasteiger partial charge in [-0.2, -0.15) is 5.10 Å². The molecule has 0 saturated heterocycles. The molecule has 0 amide bonds. The second-order valence-corrected chi connectivity index (χ2v) is 5.15. The minimum absolute atomic E-state index is 0.103. The number of nitrogens with zero attached hydrogens (tertiary/aromatic N) is 2. The zero-order valence-electron chi connectivity index (χ0n) is 11.0. The normalized spacial score (nSPS) is 13.1. The highest BCUT2D eigenvalue weighted by molar-refractivity contribution is 5.86. The van der Waals surface area contributed by atoms with Crippen LogP contribution in [0.1, 0.15) is 50.5 Å². The maximum Gasteiger partial charge on any atom is 0.338 e. The molecule has 0 aliphatic rings. The third-order valence-corrected chi connectivity index (χ3v) is 2.18. The van der Waals surface area contributed by atoms with E-state index < -0.39 is 11.6 Å². The molecule has 6 nitrogen and oxygen atoms in total. The van der Waals surface area contributed by atoms with E-state index in [2.05, 4.69) is 5.10 Å². The number of carbonyl (C=O) groups is 2. The molecule has 1 aromatic rings. The minimum Gasteiger partial charge on any atom is -0.478 e. The number of hydrogen-bond acceptors (Lipinski definition) is 4. The lowest BCUT2D eigenvalue weighted by molar-refractivity contribution is -0.155. The standard InChI is InChI=1S/C12H18N2O4/c1-8(5-10(15)18-12(2,3)4)14-7-9(6-13-14)11(16)17/h6-8H,5H2,1-4H3,(H,16,17). The number of esters is 1. The van der Waals surface area contributed by atoms with Crippen LogP contribution in [0.5, 0.6) is 0 Å². The molecular formula is C12H18N2O4. The van der Waals surface area contributed by atoms with Crippen molar-refractivity contribution in [3.8, 4) is 0 Å². The van der Waals surface area contributed by atoms with Crippen molar-refractivity contribution < 1.29 is 19.4 Å². The Balaban J connectivity index is 2.62. The van der Waals surface area contributed by atoms with Gasteiger partial charge in [-0.1, -0.05) is 0 Å². The molecular weight excluding hydrogens is 236 g/mol. The second kappa shape index (κ2) is 5.20. The third kappa shape index (κ3) is 4.20. The van der Waals surface area contributed by atoms with E-state index in [0.29, 0.717) is 0 Å². The van der Waals surface area contributed by atoms with Crippen LogP contribution in [0.4, 0.5) is 0 Å². The van der Waals surface area contributed by atoms with E-state index in [-0.39, 0.29) is 24.0 Å². The van der Waals surface area contributed by atoms with Crippen molar-refractivity contribution in [1.82, 2.24) is 9.78 Å². The first kappa shape index (κ1) is 14.2. The summed E-state index contributed by atoms with van der Waals surface area (Å²) in [5.41, 5.74) is -0.418. The fourth-order valence-corrected chi connectivity index (χ4v) is 1.41. The van der Waals surface area contributed by atoms with E-state index in [9.17, 15) is 9.59 Å². The molecule has 0 aromatic carbocycles. The van der Waals surface area contributed by atoms with Gasteiger partial charge >= 0.3 is 11.9 Å². The van der Waals surface area contributed by atoms with Crippen LogP contribution in [0.2, 0.25) is 0 Å². The van der Waals surface area contributed by atoms with Crippen molar-refractivity contribution in [3.63, 3.8) is 0 Å². The van der Waals surface area contributed by atoms with Gasteiger partial charge in [0.15, 0.2) is 0 Å². The molecule has 1 aromatic heterocycles. The van der Waals surface area contributed by atoms with Gasteiger partial charge in [0.05, 0.1) is 24.2 Å². The number of carboxylic acids is 1. The van der Waals surface area contributed by atoms with Crippen LogP contribution in [0.15, 0.2) is 12.4 Å². The number of ether oxygens (including phenoxy) is 1. The van der Waals surface area contributed by atoms with Gasteiger partial charge in [-0.05, 0) is 27.7 Å². The monoisotopic (exact) mass is 254 g/mol. The summed E-state index contributed by atoms with van der Waals surface area (Å²) in [5.74, 6) is -1.37. The van der Waals surface area contributed by atoms with E-state index in [1.54, 1.807) is 27.7 Å². The lowest BCUT2D eigenvalue weighted by atomic mass is 10.2. The van der Waals surface area contributed by atoms with Crippen LogP contribution < -0.4 is 0 Å². The van der Waals surface area contributed by atoms with Crippen LogP contribution in [-0.2, 0) is 9.53 Å². The summed E-state index contributed by atoms with van der Waals surface area (Å²) >= 11 is 0. The van der Waals surface area contributed by atoms with Gasteiger partial charge in [0.1, 0.15) is 5.60 Å². The number of hydrogen-bond donors (Lipinski definition) is 1. The number of aromatic nitrogens is 2. The first-order valence-corrected chi connectivity index (χ1v) is 5.68. The molecule has 1 N–H and O–H groups in total. The highest BCUT2D eigenvalue weighted by Gasteiger charge is 2.20. The molecule has 1 unspecified atom stereocenters. The molecule has 0 saturated carbocycles. The van der Waals surface area contributed by atoms with E-state index in [1.807, 2.05) is 0 Å². The molecule has 0 radical (unpaired) electrons. The fourth-order valence-electron chi connectivity index (χ4n) is 1.41. The van der Waals surface area contributed by atoms with Gasteiger partial charge in [-0.25, -0.2) is 4.79 Å². The maximum atomic E-state index is 11.6. The summed E-state index contributed by atoms with van der Waals surface area (Å²) < 4.78 is 6.64. The Morgan fingerprint density at radius 2 is 2.11 bits per heavy atom. The molecule has 0 fully saturated rings. The van der Waals surface area contributed by atoms with Crippen molar-refractivity contribution in [3.05, 3.63) is 18.0 Å². The highest BCUT2D eigenvalue weighted by atomic mass is 16.6. The molecule has 1 atom stereocenters. The number of aromatic carboxylic acids is 1. The summed E-state index contributed by atoms with van der Waals surface area (Å²) in [6, 6.07) is -0.243. The number of carboxylic acid groups (broad SMARTS) is 1. The average molecular weight is 254 g/mol. The molecule has 18 heavy (non-hydrogen) atoms. The van der Waals surface area contributed by atoms with Gasteiger partial charge in [0.25, 0.3) is 0 Å². The summed E-state index contributed by atoms with van der Waals surface area (Å²) in [6.45, 7) is 7.17. The average Bonchev–Trinajstić information content (AvgIpc) is 2.62. The Bertz CT molecular complexity index is 445. The smallest absolute Gasteiger partial charge is 0.338 e. The first-order chi connectivity index (χ1) is 8.19. The second-order valence-electron chi connectivity index (χ2n) is 5.15. The Morgan fingerprint density at radius 1 is 1.50 bits per heavy atom. The molecule has 1 rings (SSSR count). The minimum atomic E-state index is -1.04. The molecule has 0 aliphatic carbocycles. The van der Waals surface area contributed by atoms with Gasteiger partial charge in [-0.3, -0.25) is 9.48 Å². The Kier molecular flexibility index (Phi) is 4.11. The quantitative estimate of drug-likeness (QED) is 0.829. The Hall–Kier alpha value is -1.85. The molecule has 0 bridgehead atoms. The van der Waals surface area contributed by atoms with Crippen molar-refractivity contribution in [2.45, 2.75) is 45.8 Å². The van der Waals surface area contributed by atoms with Gasteiger partial charge in [0.2, 0.25) is 0 Å². The first-order valence-electron chi connectivity index (χ1n) is 5.68. The van der Waals surface area contributed by atoms with E-state index in [1.165, 1.54) is 17.1 Å². The van der Waals surface area contributed by atoms with Crippen molar-refractivity contribution >= 4 is 11.9 Å². The SMILES string of the molecule is CC(CC(=O)OC(C)(C)C)n1cc(C(=O)O)cn1. The topological polar surface area (TPSA) is 81.4 Å². The van der Waals surface area contributed by atoms with Crippen LogP contribution in [0.25, 0.3) is 0 Å². The number of rotatable bonds is 4. The fraction of sp³-hybridized carbons (Fsp3) is 0.583. The highest BCUT2D eigenvalue weighted by Crippen LogP contribution is 2.15. The predicted octanol–water partition coefficient (Wildman–Crippen LogP) is 1.87. The molecule has 6 heteroatoms. The maximum absolute atomic E-state index is 11.6. The lowest BCUT2D eigenvalue weighted by Crippen LogP contribution is -2.25. The summed E-state index contributed by atoms with van der Waals surface area (Å²) in [7, 11) is 0.